The van der Waals surface area contributed by atoms with Crippen molar-refractivity contribution in [1.82, 2.24) is 20.8 Å². The van der Waals surface area contributed by atoms with Crippen LogP contribution in [0.3, 0.4) is 0 Å². The molecular weight excluding hydrogens is 519 g/mol. The molecule has 10 heteroatoms. The van der Waals surface area contributed by atoms with Crippen LogP contribution in [0.4, 0.5) is 5.69 Å². The maximum atomic E-state index is 6.18. The number of nitrogens with zero attached hydrogens (tertiary/aromatic N) is 4. The summed E-state index contributed by atoms with van der Waals surface area (Å²) in [6, 6.07) is 5.93. The molecule has 1 fully saturated rings. The Labute approximate surface area is 199 Å². The smallest absolute Gasteiger partial charge is 0.232 e. The Morgan fingerprint density at radius 1 is 1.40 bits per heavy atom. The lowest BCUT2D eigenvalue weighted by molar-refractivity contribution is 0.318. The molecular formula is C20H30ClIN6O2. The van der Waals surface area contributed by atoms with E-state index in [1.165, 1.54) is 0 Å². The first-order valence-electron chi connectivity index (χ1n) is 9.69. The minimum absolute atomic E-state index is 0. The normalized spacial score (nSPS) is 16.9. The molecule has 0 saturated carbocycles. The fourth-order valence-corrected chi connectivity index (χ4v) is 3.35. The molecule has 3 rings (SSSR count). The summed E-state index contributed by atoms with van der Waals surface area (Å²) < 4.78 is 10.8. The monoisotopic (exact) mass is 548 g/mol. The fraction of sp³-hybridized carbons (Fsp3) is 0.550. The van der Waals surface area contributed by atoms with Gasteiger partial charge in [0, 0.05) is 36.6 Å². The van der Waals surface area contributed by atoms with Crippen molar-refractivity contribution in [2.24, 2.45) is 4.99 Å². The number of nitrogens with one attached hydrogen (secondary N) is 2. The Morgan fingerprint density at radius 3 is 2.80 bits per heavy atom. The first-order chi connectivity index (χ1) is 13.8. The van der Waals surface area contributed by atoms with Crippen LogP contribution >= 0.6 is 35.6 Å². The Hall–Kier alpha value is -1.75. The van der Waals surface area contributed by atoms with Crippen LogP contribution in [0.25, 0.3) is 0 Å². The highest BCUT2D eigenvalue weighted by Gasteiger charge is 2.26. The van der Waals surface area contributed by atoms with E-state index in [1.807, 2.05) is 39.0 Å². The number of aromatic nitrogens is 2. The summed E-state index contributed by atoms with van der Waals surface area (Å²) in [4.78, 5) is 11.0. The second-order valence-corrected chi connectivity index (χ2v) is 8.52. The van der Waals surface area contributed by atoms with Crippen molar-refractivity contribution in [3.8, 4) is 5.75 Å². The predicted octanol–water partition coefficient (Wildman–Crippen LogP) is 3.59. The van der Waals surface area contributed by atoms with Crippen LogP contribution in [0.1, 0.15) is 38.9 Å². The summed E-state index contributed by atoms with van der Waals surface area (Å²) in [5.41, 5.74) is 0.841. The van der Waals surface area contributed by atoms with Crippen molar-refractivity contribution in [3.63, 3.8) is 0 Å². The molecule has 0 bridgehead atoms. The summed E-state index contributed by atoms with van der Waals surface area (Å²) >= 11 is 6.18. The Balaban J connectivity index is 0.00000320. The highest BCUT2D eigenvalue weighted by Crippen LogP contribution is 2.33. The molecule has 1 atom stereocenters. The lowest BCUT2D eigenvalue weighted by Gasteiger charge is -2.22. The molecule has 0 amide bonds. The molecule has 1 aliphatic rings. The van der Waals surface area contributed by atoms with Gasteiger partial charge in [-0.25, -0.2) is 0 Å². The van der Waals surface area contributed by atoms with Gasteiger partial charge < -0.3 is 24.8 Å². The summed E-state index contributed by atoms with van der Waals surface area (Å²) in [6.07, 6.45) is 0.979. The minimum Gasteiger partial charge on any atom is -0.495 e. The van der Waals surface area contributed by atoms with E-state index in [2.05, 4.69) is 30.7 Å². The number of methoxy groups -OCH3 is 1. The number of benzene rings is 1. The van der Waals surface area contributed by atoms with E-state index in [1.54, 1.807) is 14.2 Å². The number of halogens is 2. The SMILES string of the molecule is CN=C(NCc1noc(C(C)(C)C)n1)NC1CCN(c2cc(Cl)ccc2OC)C1.I. The van der Waals surface area contributed by atoms with E-state index in [-0.39, 0.29) is 35.4 Å². The average molecular weight is 549 g/mol. The third kappa shape index (κ3) is 6.13. The van der Waals surface area contributed by atoms with E-state index in [0.29, 0.717) is 29.2 Å². The lowest BCUT2D eigenvalue weighted by Crippen LogP contribution is -2.44. The molecule has 2 aromatic rings. The quantitative estimate of drug-likeness (QED) is 0.335. The number of ether oxygens (including phenoxy) is 1. The first kappa shape index (κ1) is 24.5. The molecule has 1 aliphatic heterocycles. The lowest BCUT2D eigenvalue weighted by atomic mass is 9.97. The Morgan fingerprint density at radius 2 is 2.17 bits per heavy atom. The van der Waals surface area contributed by atoms with E-state index < -0.39 is 0 Å². The molecule has 2 N–H and O–H groups in total. The maximum absolute atomic E-state index is 6.18. The molecule has 1 unspecified atom stereocenters. The third-order valence-corrected chi connectivity index (χ3v) is 4.99. The van der Waals surface area contributed by atoms with Gasteiger partial charge in [0.05, 0.1) is 19.3 Å². The number of aliphatic imine (C=N–C) groups is 1. The number of anilines is 1. The van der Waals surface area contributed by atoms with Crippen LogP contribution in [0.2, 0.25) is 5.02 Å². The topological polar surface area (TPSA) is 87.8 Å². The molecule has 1 aromatic carbocycles. The van der Waals surface area contributed by atoms with E-state index in [9.17, 15) is 0 Å². The standard InChI is InChI=1S/C20H29ClN6O2.HI/c1-20(2,3)18-25-17(26-29-18)11-23-19(22-4)24-14-8-9-27(12-14)15-10-13(21)6-7-16(15)28-5;/h6-7,10,14H,8-9,11-12H2,1-5H3,(H2,22,23,24);1H. The van der Waals surface area contributed by atoms with Crippen molar-refractivity contribution >= 4 is 47.2 Å². The van der Waals surface area contributed by atoms with Crippen LogP contribution in [0, 0.1) is 0 Å². The van der Waals surface area contributed by atoms with E-state index in [4.69, 9.17) is 20.9 Å². The number of hydrogen-bond donors (Lipinski definition) is 2. The van der Waals surface area contributed by atoms with Gasteiger partial charge in [0.25, 0.3) is 0 Å². The van der Waals surface area contributed by atoms with Crippen molar-refractivity contribution in [2.75, 3.05) is 32.1 Å². The van der Waals surface area contributed by atoms with Gasteiger partial charge in [0.2, 0.25) is 5.89 Å². The average Bonchev–Trinajstić information content (AvgIpc) is 3.34. The molecule has 1 saturated heterocycles. The number of guanidine groups is 1. The zero-order chi connectivity index (χ0) is 21.0. The summed E-state index contributed by atoms with van der Waals surface area (Å²) in [7, 11) is 3.42. The molecule has 8 nitrogen and oxygen atoms in total. The van der Waals surface area contributed by atoms with Crippen molar-refractivity contribution < 1.29 is 9.26 Å². The molecule has 30 heavy (non-hydrogen) atoms. The highest BCUT2D eigenvalue weighted by atomic mass is 127. The number of hydrogen-bond acceptors (Lipinski definition) is 6. The van der Waals surface area contributed by atoms with Crippen LogP contribution in [0.15, 0.2) is 27.7 Å². The van der Waals surface area contributed by atoms with Gasteiger partial charge in [-0.15, -0.1) is 24.0 Å². The maximum Gasteiger partial charge on any atom is 0.232 e. The van der Waals surface area contributed by atoms with Crippen LogP contribution in [0.5, 0.6) is 5.75 Å². The van der Waals surface area contributed by atoms with Gasteiger partial charge in [0.15, 0.2) is 11.8 Å². The zero-order valence-corrected chi connectivity index (χ0v) is 21.1. The predicted molar refractivity (Wildman–Crippen MR) is 130 cm³/mol. The van der Waals surface area contributed by atoms with Crippen molar-refractivity contribution in [3.05, 3.63) is 34.9 Å². The van der Waals surface area contributed by atoms with Gasteiger partial charge in [-0.3, -0.25) is 4.99 Å². The Kier molecular flexibility index (Phi) is 8.60. The summed E-state index contributed by atoms with van der Waals surface area (Å²) in [6.45, 7) is 8.30. The third-order valence-electron chi connectivity index (χ3n) is 4.76. The van der Waals surface area contributed by atoms with Crippen LogP contribution in [-0.2, 0) is 12.0 Å². The van der Waals surface area contributed by atoms with Gasteiger partial charge in [-0.1, -0.05) is 37.5 Å². The molecule has 0 spiro atoms. The van der Waals surface area contributed by atoms with Crippen LogP contribution in [-0.4, -0.2) is 49.4 Å². The molecule has 0 radical (unpaired) electrons. The fourth-order valence-electron chi connectivity index (χ4n) is 3.19. The second-order valence-electron chi connectivity index (χ2n) is 8.08. The zero-order valence-electron chi connectivity index (χ0n) is 18.0. The summed E-state index contributed by atoms with van der Waals surface area (Å²) in [5, 5.41) is 11.4. The summed E-state index contributed by atoms with van der Waals surface area (Å²) in [5.74, 6) is 2.76. The Bertz CT molecular complexity index is 867. The van der Waals surface area contributed by atoms with E-state index in [0.717, 1.165) is 30.9 Å². The van der Waals surface area contributed by atoms with Crippen molar-refractivity contribution in [1.29, 1.82) is 0 Å². The van der Waals surface area contributed by atoms with E-state index >= 15 is 0 Å². The van der Waals surface area contributed by atoms with Gasteiger partial charge >= 0.3 is 0 Å². The molecule has 166 valence electrons. The van der Waals surface area contributed by atoms with Gasteiger partial charge in [0.1, 0.15) is 5.75 Å². The highest BCUT2D eigenvalue weighted by molar-refractivity contribution is 14.0. The minimum atomic E-state index is -0.167. The van der Waals surface area contributed by atoms with Crippen LogP contribution < -0.4 is 20.3 Å². The van der Waals surface area contributed by atoms with Crippen molar-refractivity contribution in [2.45, 2.75) is 45.2 Å². The largest absolute Gasteiger partial charge is 0.495 e. The van der Waals surface area contributed by atoms with Gasteiger partial charge in [-0.2, -0.15) is 4.98 Å². The molecule has 0 aliphatic carbocycles. The molecule has 1 aromatic heterocycles. The molecule has 2 heterocycles. The second kappa shape index (κ2) is 10.5. The first-order valence-corrected chi connectivity index (χ1v) is 10.1. The number of rotatable bonds is 5. The van der Waals surface area contributed by atoms with Gasteiger partial charge in [-0.05, 0) is 24.6 Å².